The quantitative estimate of drug-likeness (QED) is 0.0211. The van der Waals surface area contributed by atoms with Gasteiger partial charge in [0.25, 0.3) is 0 Å². The molecule has 10 heteroatoms. The number of quaternary nitrogens is 1. The van der Waals surface area contributed by atoms with Gasteiger partial charge in [0.05, 0.1) is 27.7 Å². The maximum absolute atomic E-state index is 12.9. The first kappa shape index (κ1) is 90.4. The van der Waals surface area contributed by atoms with Crippen LogP contribution in [-0.4, -0.2) is 74.9 Å². The van der Waals surface area contributed by atoms with E-state index < -0.39 is 26.5 Å². The van der Waals surface area contributed by atoms with Crippen molar-refractivity contribution in [1.29, 1.82) is 0 Å². The molecule has 1 N–H and O–H groups in total. The second kappa shape index (κ2) is 73.7. The first-order valence-corrected chi connectivity index (χ1v) is 40.8. The third-order valence-corrected chi connectivity index (χ3v) is 18.0. The van der Waals surface area contributed by atoms with Gasteiger partial charge in [-0.15, -0.1) is 0 Å². The molecule has 0 aliphatic rings. The molecule has 0 radical (unpaired) electrons. The molecule has 0 heterocycles. The number of phosphoric ester groups is 1. The van der Waals surface area contributed by atoms with Crippen molar-refractivity contribution in [2.45, 2.75) is 354 Å². The Labute approximate surface area is 581 Å². The number of hydrogen-bond donors (Lipinski definition) is 1. The van der Waals surface area contributed by atoms with Crippen LogP contribution in [0.25, 0.3) is 0 Å². The van der Waals surface area contributed by atoms with Crippen molar-refractivity contribution in [3.63, 3.8) is 0 Å². The summed E-state index contributed by atoms with van der Waals surface area (Å²) in [4.78, 5) is 36.0. The fourth-order valence-electron chi connectivity index (χ4n) is 11.0. The minimum atomic E-state index is -4.40. The highest BCUT2D eigenvalue weighted by Crippen LogP contribution is 2.43. The lowest BCUT2D eigenvalue weighted by Gasteiger charge is -2.24. The van der Waals surface area contributed by atoms with Crippen molar-refractivity contribution in [1.82, 2.24) is 0 Å². The highest BCUT2D eigenvalue weighted by atomic mass is 31.2. The van der Waals surface area contributed by atoms with Crippen molar-refractivity contribution >= 4 is 19.8 Å². The van der Waals surface area contributed by atoms with E-state index in [4.69, 9.17) is 18.5 Å². The van der Waals surface area contributed by atoms with E-state index in [0.717, 1.165) is 103 Å². The van der Waals surface area contributed by atoms with Crippen LogP contribution in [0.2, 0.25) is 0 Å². The third kappa shape index (κ3) is 77.4. The maximum Gasteiger partial charge on any atom is 0.472 e. The lowest BCUT2D eigenvalue weighted by atomic mass is 10.0. The molecule has 9 nitrogen and oxygen atoms in total. The summed E-state index contributed by atoms with van der Waals surface area (Å²) in [5, 5.41) is 0. The molecule has 94 heavy (non-hydrogen) atoms. The molecule has 0 bridgehead atoms. The molecule has 0 fully saturated rings. The summed E-state index contributed by atoms with van der Waals surface area (Å²) in [6.45, 7) is 4.34. The van der Waals surface area contributed by atoms with E-state index in [2.05, 4.69) is 135 Å². The van der Waals surface area contributed by atoms with Crippen LogP contribution in [0.5, 0.6) is 0 Å². The molecule has 0 aromatic carbocycles. The number of allylic oxidation sites excluding steroid dienone is 20. The maximum atomic E-state index is 12.9. The zero-order chi connectivity index (χ0) is 68.3. The highest BCUT2D eigenvalue weighted by Gasteiger charge is 2.27. The standard InChI is InChI=1S/C84H148NO8P/c1-6-8-10-12-14-16-18-20-22-24-26-28-30-32-34-36-38-40-42-44-46-48-50-52-54-56-58-60-62-64-66-68-70-72-74-76-83(86)90-80-82(81-92-94(88,89)91-79-78-85(3,4)5)93-84(87)77-75-73-71-69-67-65-63-61-59-57-55-53-51-49-47-45-43-41-39-37-35-33-31-29-27-25-23-21-19-17-15-13-11-9-7-2/h9,11,15,17-18,20-21,23-24,26-27,29,33,35,39,41,45,47,51,53,82H,6-8,10,12-14,16,19,22,25,28,30-32,34,36-38,40,42-44,46,48-50,52,54-81H2,1-5H3/p+1/b11-9-,17-15-,20-18-,23-21-,26-24-,29-27-,35-33-,41-39-,47-45-,53-51-. The van der Waals surface area contributed by atoms with E-state index in [1.807, 2.05) is 21.1 Å². The molecule has 2 atom stereocenters. The predicted molar refractivity (Wildman–Crippen MR) is 408 cm³/mol. The molecular weight excluding hydrogens is 1180 g/mol. The normalized spacial score (nSPS) is 13.7. The fraction of sp³-hybridized carbons (Fsp3) is 0.738. The molecule has 0 amide bonds. The number of carbonyl (C=O) groups is 2. The molecule has 0 saturated heterocycles. The predicted octanol–water partition coefficient (Wildman–Crippen LogP) is 26.2. The number of phosphoric acid groups is 1. The fourth-order valence-corrected chi connectivity index (χ4v) is 11.7. The third-order valence-electron chi connectivity index (χ3n) is 17.0. The van der Waals surface area contributed by atoms with Crippen molar-refractivity contribution in [2.75, 3.05) is 47.5 Å². The van der Waals surface area contributed by atoms with Gasteiger partial charge < -0.3 is 18.9 Å². The Bertz CT molecular complexity index is 2010. The molecule has 0 rings (SSSR count). The second-order valence-corrected chi connectivity index (χ2v) is 28.8. The van der Waals surface area contributed by atoms with Gasteiger partial charge in [-0.3, -0.25) is 18.6 Å². The monoisotopic (exact) mass is 1330 g/mol. The van der Waals surface area contributed by atoms with Crippen molar-refractivity contribution in [2.24, 2.45) is 0 Å². The number of hydrogen-bond acceptors (Lipinski definition) is 7. The molecular formula is C84H149NO8P+. The van der Waals surface area contributed by atoms with E-state index in [9.17, 15) is 19.0 Å². The smallest absolute Gasteiger partial charge is 0.462 e. The zero-order valence-corrected chi connectivity index (χ0v) is 62.8. The number of likely N-dealkylation sites (N-methyl/N-ethyl adjacent to an activating group) is 1. The summed E-state index contributed by atoms with van der Waals surface area (Å²) in [6.07, 6.45) is 106. The van der Waals surface area contributed by atoms with E-state index in [-0.39, 0.29) is 32.0 Å². The SMILES string of the molecule is CC/C=C\C/C=C\C/C=C\C/C=C\C/C=C\C/C=C\C/C=C\C/C=C\CCCCCCCCCCCCC(=O)OC(COC(=O)CCCCCCCCCCCCCCCCCCCCCCCCC/C=C\C/C=C\CCCCCCC)COP(=O)(O)OCC[N+](C)(C)C. The highest BCUT2D eigenvalue weighted by molar-refractivity contribution is 7.47. The second-order valence-electron chi connectivity index (χ2n) is 27.4. The van der Waals surface area contributed by atoms with E-state index in [1.54, 1.807) is 0 Å². The van der Waals surface area contributed by atoms with Crippen LogP contribution in [0.3, 0.4) is 0 Å². The Hall–Kier alpha value is -3.59. The van der Waals surface area contributed by atoms with Crippen molar-refractivity contribution < 1.29 is 42.1 Å². The Morgan fingerprint density at radius 1 is 0.340 bits per heavy atom. The van der Waals surface area contributed by atoms with Crippen LogP contribution in [0.1, 0.15) is 348 Å². The number of rotatable bonds is 72. The molecule has 0 aliphatic carbocycles. The molecule has 0 spiro atoms. The van der Waals surface area contributed by atoms with Gasteiger partial charge in [0.1, 0.15) is 19.8 Å². The number of ether oxygens (including phenoxy) is 2. The van der Waals surface area contributed by atoms with Gasteiger partial charge >= 0.3 is 19.8 Å². The van der Waals surface area contributed by atoms with Crippen molar-refractivity contribution in [3.8, 4) is 0 Å². The van der Waals surface area contributed by atoms with E-state index >= 15 is 0 Å². The van der Waals surface area contributed by atoms with Crippen LogP contribution >= 0.6 is 7.82 Å². The Morgan fingerprint density at radius 2 is 0.606 bits per heavy atom. The minimum absolute atomic E-state index is 0.0274. The number of unbranched alkanes of at least 4 members (excludes halogenated alkanes) is 38. The lowest BCUT2D eigenvalue weighted by Crippen LogP contribution is -2.37. The van der Waals surface area contributed by atoms with Crippen LogP contribution in [0.15, 0.2) is 122 Å². The number of esters is 2. The van der Waals surface area contributed by atoms with Gasteiger partial charge in [0.2, 0.25) is 0 Å². The van der Waals surface area contributed by atoms with Crippen LogP contribution in [0.4, 0.5) is 0 Å². The average Bonchev–Trinajstić information content (AvgIpc) is 1.68. The van der Waals surface area contributed by atoms with E-state index in [0.29, 0.717) is 17.4 Å². The topological polar surface area (TPSA) is 108 Å². The zero-order valence-electron chi connectivity index (χ0n) is 61.9. The van der Waals surface area contributed by atoms with Crippen LogP contribution < -0.4 is 0 Å². The lowest BCUT2D eigenvalue weighted by molar-refractivity contribution is -0.870. The molecule has 0 aliphatic heterocycles. The Kier molecular flexibility index (Phi) is 70.8. The summed E-state index contributed by atoms with van der Waals surface area (Å²) < 4.78 is 34.8. The van der Waals surface area contributed by atoms with Gasteiger partial charge in [-0.05, 0) is 109 Å². The first-order chi connectivity index (χ1) is 46.0. The van der Waals surface area contributed by atoms with Gasteiger partial charge in [0.15, 0.2) is 6.10 Å². The summed E-state index contributed by atoms with van der Waals surface area (Å²) in [5.41, 5.74) is 0. The van der Waals surface area contributed by atoms with Gasteiger partial charge in [0, 0.05) is 12.8 Å². The largest absolute Gasteiger partial charge is 0.472 e. The Morgan fingerprint density at radius 3 is 0.904 bits per heavy atom. The molecule has 2 unspecified atom stereocenters. The van der Waals surface area contributed by atoms with E-state index in [1.165, 1.54) is 212 Å². The van der Waals surface area contributed by atoms with Crippen LogP contribution in [-0.2, 0) is 32.7 Å². The summed E-state index contributed by atoms with van der Waals surface area (Å²) in [6, 6.07) is 0. The van der Waals surface area contributed by atoms with Gasteiger partial charge in [-0.2, -0.15) is 0 Å². The molecule has 0 aromatic heterocycles. The summed E-state index contributed by atoms with van der Waals surface area (Å²) >= 11 is 0. The minimum Gasteiger partial charge on any atom is -0.462 e. The number of nitrogens with zero attached hydrogens (tertiary/aromatic N) is 1. The summed E-state index contributed by atoms with van der Waals surface area (Å²) in [7, 11) is 1.47. The molecule has 0 saturated carbocycles. The molecule has 0 aromatic rings. The average molecular weight is 1330 g/mol. The number of carbonyl (C=O) groups excluding carboxylic acids is 2. The van der Waals surface area contributed by atoms with Gasteiger partial charge in [-0.25, -0.2) is 4.57 Å². The Balaban J connectivity index is 4.00. The van der Waals surface area contributed by atoms with Gasteiger partial charge in [-0.1, -0.05) is 347 Å². The van der Waals surface area contributed by atoms with Crippen LogP contribution in [0, 0.1) is 0 Å². The summed E-state index contributed by atoms with van der Waals surface area (Å²) in [5.74, 6) is -0.794. The molecule has 542 valence electrons. The first-order valence-electron chi connectivity index (χ1n) is 39.3. The van der Waals surface area contributed by atoms with Crippen molar-refractivity contribution in [3.05, 3.63) is 122 Å².